The lowest BCUT2D eigenvalue weighted by atomic mass is 10.4. The van der Waals surface area contributed by atoms with E-state index in [1.807, 2.05) is 0 Å². The first-order valence-electron chi connectivity index (χ1n) is 5.70. The van der Waals surface area contributed by atoms with E-state index in [1.54, 1.807) is 0 Å². The normalized spacial score (nSPS) is 13.9. The molecule has 0 saturated heterocycles. The van der Waals surface area contributed by atoms with Gasteiger partial charge < -0.3 is 33.8 Å². The number of hydrogen-bond donors (Lipinski definition) is 4. The van der Waals surface area contributed by atoms with Gasteiger partial charge in [-0.1, -0.05) is 0 Å². The van der Waals surface area contributed by atoms with Crippen molar-refractivity contribution < 1.29 is 56.8 Å². The molecule has 0 aliphatic heterocycles. The molecule has 0 saturated carbocycles. The number of hydrogen-bond acceptors (Lipinski definition) is 8. The van der Waals surface area contributed by atoms with Gasteiger partial charge in [0, 0.05) is 7.11 Å². The molecule has 1 atom stereocenters. The van der Waals surface area contributed by atoms with Gasteiger partial charge in [0.2, 0.25) is 0 Å². The van der Waals surface area contributed by atoms with E-state index < -0.39 is 47.5 Å². The lowest BCUT2D eigenvalue weighted by Crippen LogP contribution is -2.27. The second kappa shape index (κ2) is 10.4. The Hall–Kier alpha value is -0.390. The Balaban J connectivity index is 4.24. The van der Waals surface area contributed by atoms with Gasteiger partial charge in [-0.3, -0.25) is 9.05 Å². The van der Waals surface area contributed by atoms with Gasteiger partial charge in [0.15, 0.2) is 0 Å². The maximum Gasteiger partial charge on any atom is 0.470 e. The average molecular weight is 368 g/mol. The third kappa shape index (κ3) is 14.5. The second-order valence-electron chi connectivity index (χ2n) is 3.73. The second-order valence-corrected chi connectivity index (χ2v) is 6.16. The minimum Gasteiger partial charge on any atom is -0.461 e. The molecular formula is C8H18O12P2. The molecule has 0 rings (SSSR count). The van der Waals surface area contributed by atoms with Crippen LogP contribution in [0.1, 0.15) is 0 Å². The quantitative estimate of drug-likeness (QED) is 0.184. The molecular weight excluding hydrogens is 350 g/mol. The summed E-state index contributed by atoms with van der Waals surface area (Å²) < 4.78 is 43.5. The van der Waals surface area contributed by atoms with Crippen molar-refractivity contribution in [2.45, 2.75) is 6.10 Å². The van der Waals surface area contributed by atoms with E-state index in [2.05, 4.69) is 18.5 Å². The average Bonchev–Trinajstić information content (AvgIpc) is 2.35. The number of ether oxygens (including phenoxy) is 3. The molecule has 0 heterocycles. The molecule has 0 radical (unpaired) electrons. The zero-order valence-electron chi connectivity index (χ0n) is 11.6. The molecule has 0 aromatic carbocycles. The van der Waals surface area contributed by atoms with Crippen LogP contribution in [0.2, 0.25) is 0 Å². The van der Waals surface area contributed by atoms with Crippen LogP contribution in [0.3, 0.4) is 0 Å². The van der Waals surface area contributed by atoms with Crippen molar-refractivity contribution in [2.24, 2.45) is 0 Å². The smallest absolute Gasteiger partial charge is 0.461 e. The predicted octanol–water partition coefficient (Wildman–Crippen LogP) is -1.22. The van der Waals surface area contributed by atoms with E-state index in [0.29, 0.717) is 0 Å². The third-order valence-corrected chi connectivity index (χ3v) is 2.86. The summed E-state index contributed by atoms with van der Waals surface area (Å²) >= 11 is 0. The number of carbonyl (C=O) groups excluding carboxylic acids is 1. The maximum atomic E-state index is 11.2. The Labute approximate surface area is 125 Å². The van der Waals surface area contributed by atoms with Crippen LogP contribution in [-0.2, 0) is 37.2 Å². The highest BCUT2D eigenvalue weighted by molar-refractivity contribution is 7.46. The van der Waals surface area contributed by atoms with Crippen LogP contribution in [0.5, 0.6) is 0 Å². The number of phosphoric ester groups is 2. The molecule has 0 aliphatic carbocycles. The van der Waals surface area contributed by atoms with E-state index in [0.717, 1.165) is 0 Å². The Kier molecular flexibility index (Phi) is 10.2. The maximum absolute atomic E-state index is 11.2. The van der Waals surface area contributed by atoms with Gasteiger partial charge in [0.05, 0.1) is 19.8 Å². The Morgan fingerprint density at radius 1 is 1.05 bits per heavy atom. The summed E-state index contributed by atoms with van der Waals surface area (Å²) in [6.45, 7) is -1.64. The minimum atomic E-state index is -4.97. The molecule has 14 heteroatoms. The molecule has 132 valence electrons. The monoisotopic (exact) mass is 368 g/mol. The first-order chi connectivity index (χ1) is 10.0. The van der Waals surface area contributed by atoms with Crippen LogP contribution in [-0.4, -0.2) is 71.8 Å². The van der Waals surface area contributed by atoms with Crippen LogP contribution in [0.25, 0.3) is 0 Å². The molecule has 0 amide bonds. The molecule has 0 bridgehead atoms. The predicted molar refractivity (Wildman–Crippen MR) is 68.6 cm³/mol. The summed E-state index contributed by atoms with van der Waals surface area (Å²) in [5, 5.41) is 0. The molecule has 0 aromatic rings. The molecule has 4 N–H and O–H groups in total. The Morgan fingerprint density at radius 2 is 1.68 bits per heavy atom. The third-order valence-electron chi connectivity index (χ3n) is 1.80. The van der Waals surface area contributed by atoms with Crippen molar-refractivity contribution in [1.82, 2.24) is 0 Å². The van der Waals surface area contributed by atoms with E-state index in [1.165, 1.54) is 7.11 Å². The summed E-state index contributed by atoms with van der Waals surface area (Å²) in [6, 6.07) is 0. The van der Waals surface area contributed by atoms with E-state index >= 15 is 0 Å². The van der Waals surface area contributed by atoms with Gasteiger partial charge in [0.25, 0.3) is 0 Å². The van der Waals surface area contributed by atoms with Gasteiger partial charge >= 0.3 is 21.6 Å². The van der Waals surface area contributed by atoms with Crippen molar-refractivity contribution in [3.05, 3.63) is 0 Å². The topological polar surface area (TPSA) is 178 Å². The molecule has 0 fully saturated rings. The van der Waals surface area contributed by atoms with Crippen molar-refractivity contribution in [2.75, 3.05) is 40.1 Å². The number of carbonyl (C=O) groups is 1. The molecule has 1 unspecified atom stereocenters. The number of phosphoric acid groups is 2. The minimum absolute atomic E-state index is 0.134. The lowest BCUT2D eigenvalue weighted by molar-refractivity contribution is -0.152. The number of esters is 1. The van der Waals surface area contributed by atoms with E-state index in [9.17, 15) is 13.9 Å². The van der Waals surface area contributed by atoms with Crippen molar-refractivity contribution >= 4 is 21.6 Å². The molecule has 12 nitrogen and oxygen atoms in total. The van der Waals surface area contributed by atoms with Gasteiger partial charge in [0.1, 0.15) is 19.3 Å². The molecule has 0 aliphatic rings. The van der Waals surface area contributed by atoms with Crippen LogP contribution in [0.4, 0.5) is 0 Å². The van der Waals surface area contributed by atoms with Crippen molar-refractivity contribution in [3.8, 4) is 0 Å². The SMILES string of the molecule is COCCOCC(=O)OCC(COP(=O)(O)O)OP(=O)(O)O. The zero-order valence-corrected chi connectivity index (χ0v) is 13.4. The summed E-state index contributed by atoms with van der Waals surface area (Å²) in [4.78, 5) is 45.5. The molecule has 22 heavy (non-hydrogen) atoms. The standard InChI is InChI=1S/C8H18O12P2/c1-16-2-3-17-6-8(9)18-4-7(20-22(13,14)15)5-19-21(10,11)12/h7H,2-6H2,1H3,(H2,10,11,12)(H2,13,14,15). The lowest BCUT2D eigenvalue weighted by Gasteiger charge is -2.18. The van der Waals surface area contributed by atoms with Gasteiger partial charge in [-0.05, 0) is 0 Å². The van der Waals surface area contributed by atoms with Crippen LogP contribution < -0.4 is 0 Å². The van der Waals surface area contributed by atoms with Gasteiger partial charge in [-0.25, -0.2) is 13.9 Å². The summed E-state index contributed by atoms with van der Waals surface area (Å²) in [5.74, 6) is -0.869. The van der Waals surface area contributed by atoms with Crippen LogP contribution in [0, 0.1) is 0 Å². The highest BCUT2D eigenvalue weighted by atomic mass is 31.2. The highest BCUT2D eigenvalue weighted by Crippen LogP contribution is 2.40. The molecule has 0 aromatic heterocycles. The summed E-state index contributed by atoms with van der Waals surface area (Å²) in [6.07, 6.45) is -1.57. The Morgan fingerprint density at radius 3 is 2.18 bits per heavy atom. The fraction of sp³-hybridized carbons (Fsp3) is 0.875. The van der Waals surface area contributed by atoms with Gasteiger partial charge in [-0.2, -0.15) is 0 Å². The highest BCUT2D eigenvalue weighted by Gasteiger charge is 2.27. The van der Waals surface area contributed by atoms with Crippen LogP contribution >= 0.6 is 15.6 Å². The summed E-state index contributed by atoms with van der Waals surface area (Å²) in [5.41, 5.74) is 0. The van der Waals surface area contributed by atoms with Crippen molar-refractivity contribution in [1.29, 1.82) is 0 Å². The fourth-order valence-corrected chi connectivity index (χ4v) is 1.88. The van der Waals surface area contributed by atoms with Crippen molar-refractivity contribution in [3.63, 3.8) is 0 Å². The largest absolute Gasteiger partial charge is 0.470 e. The Bertz CT molecular complexity index is 413. The first kappa shape index (κ1) is 21.6. The first-order valence-corrected chi connectivity index (χ1v) is 8.76. The number of methoxy groups -OCH3 is 1. The number of rotatable bonds is 12. The van der Waals surface area contributed by atoms with E-state index in [4.69, 9.17) is 24.3 Å². The van der Waals surface area contributed by atoms with Gasteiger partial charge in [-0.15, -0.1) is 0 Å². The fourth-order valence-electron chi connectivity index (χ4n) is 1.01. The summed E-state index contributed by atoms with van der Waals surface area (Å²) in [7, 11) is -8.40. The zero-order chi connectivity index (χ0) is 17.2. The van der Waals surface area contributed by atoms with Crippen LogP contribution in [0.15, 0.2) is 0 Å². The molecule has 0 spiro atoms. The van der Waals surface area contributed by atoms with E-state index in [-0.39, 0.29) is 13.2 Å².